The Morgan fingerprint density at radius 1 is 1.31 bits per heavy atom. The molecule has 1 aliphatic heterocycles. The summed E-state index contributed by atoms with van der Waals surface area (Å²) in [6, 6.07) is 0.618. The summed E-state index contributed by atoms with van der Waals surface area (Å²) >= 11 is 7.97. The highest BCUT2D eigenvalue weighted by Gasteiger charge is 2.41. The van der Waals surface area contributed by atoms with E-state index in [0.29, 0.717) is 6.04 Å². The van der Waals surface area contributed by atoms with Gasteiger partial charge in [0.2, 0.25) is 0 Å². The fourth-order valence-corrected chi connectivity index (χ4v) is 4.08. The minimum atomic E-state index is 0.267. The summed E-state index contributed by atoms with van der Waals surface area (Å²) in [6.45, 7) is 0. The lowest BCUT2D eigenvalue weighted by molar-refractivity contribution is -0.932. The minimum Gasteiger partial charge on any atom is -0.245 e. The van der Waals surface area contributed by atoms with Crippen LogP contribution < -0.4 is 9.84 Å². The van der Waals surface area contributed by atoms with Gasteiger partial charge in [-0.05, 0) is 24.8 Å². The standard InChI is InChI=1S/C9H17ClN2S/c1-12-8(9(10)13-11-12)7-5-3-2-4-6-7/h7-9,11H,2-6H2,1H3/p+1. The second-order valence-corrected chi connectivity index (χ2v) is 5.85. The Labute approximate surface area is 89.5 Å². The molecule has 3 atom stereocenters. The van der Waals surface area contributed by atoms with Crippen molar-refractivity contribution in [3.8, 4) is 0 Å². The Morgan fingerprint density at radius 3 is 2.54 bits per heavy atom. The summed E-state index contributed by atoms with van der Waals surface area (Å²) in [5, 5.41) is 1.40. The third-order valence-corrected chi connectivity index (χ3v) is 4.77. The lowest BCUT2D eigenvalue weighted by Gasteiger charge is -2.28. The van der Waals surface area contributed by atoms with Crippen molar-refractivity contribution in [2.75, 3.05) is 7.05 Å². The van der Waals surface area contributed by atoms with E-state index in [2.05, 4.69) is 11.9 Å². The van der Waals surface area contributed by atoms with E-state index >= 15 is 0 Å². The molecule has 1 saturated heterocycles. The number of halogens is 1. The minimum absolute atomic E-state index is 0.267. The van der Waals surface area contributed by atoms with Gasteiger partial charge < -0.3 is 0 Å². The summed E-state index contributed by atoms with van der Waals surface area (Å²) in [7, 11) is 2.19. The highest BCUT2D eigenvalue weighted by Crippen LogP contribution is 2.32. The number of rotatable bonds is 1. The van der Waals surface area contributed by atoms with E-state index in [1.807, 2.05) is 0 Å². The van der Waals surface area contributed by atoms with Crippen LogP contribution in [0.15, 0.2) is 0 Å². The van der Waals surface area contributed by atoms with Gasteiger partial charge in [-0.2, -0.15) is 0 Å². The molecule has 76 valence electrons. The molecule has 1 saturated carbocycles. The molecular weight excluding hydrogens is 204 g/mol. The molecule has 0 amide bonds. The van der Waals surface area contributed by atoms with Crippen molar-refractivity contribution in [3.63, 3.8) is 0 Å². The molecule has 4 heteroatoms. The van der Waals surface area contributed by atoms with E-state index in [1.54, 1.807) is 11.9 Å². The molecule has 0 aromatic heterocycles. The van der Waals surface area contributed by atoms with E-state index in [0.717, 1.165) is 5.92 Å². The molecule has 1 aliphatic carbocycles. The van der Waals surface area contributed by atoms with Crippen LogP contribution in [0.25, 0.3) is 0 Å². The molecule has 1 heterocycles. The maximum atomic E-state index is 6.29. The zero-order valence-electron chi connectivity index (χ0n) is 8.05. The van der Waals surface area contributed by atoms with Crippen molar-refractivity contribution >= 4 is 23.5 Å². The fraction of sp³-hybridized carbons (Fsp3) is 1.00. The van der Waals surface area contributed by atoms with Crippen LogP contribution in [-0.2, 0) is 0 Å². The molecule has 3 unspecified atom stereocenters. The van der Waals surface area contributed by atoms with Crippen LogP contribution in [0.1, 0.15) is 32.1 Å². The van der Waals surface area contributed by atoms with Gasteiger partial charge in [-0.25, -0.2) is 5.01 Å². The average molecular weight is 222 g/mol. The number of nitrogens with one attached hydrogen (secondary N) is 2. The molecule has 2 rings (SSSR count). The highest BCUT2D eigenvalue weighted by molar-refractivity contribution is 7.99. The molecule has 13 heavy (non-hydrogen) atoms. The maximum absolute atomic E-state index is 6.29. The largest absolute Gasteiger partial charge is 0.245 e. The van der Waals surface area contributed by atoms with Gasteiger partial charge in [-0.1, -0.05) is 19.3 Å². The van der Waals surface area contributed by atoms with Crippen LogP contribution in [0.5, 0.6) is 0 Å². The third kappa shape index (κ3) is 2.14. The first-order valence-corrected chi connectivity index (χ1v) is 6.50. The van der Waals surface area contributed by atoms with Crippen LogP contribution in [0.3, 0.4) is 0 Å². The smallest absolute Gasteiger partial charge is 0.152 e. The monoisotopic (exact) mass is 221 g/mol. The van der Waals surface area contributed by atoms with Gasteiger partial charge in [0.25, 0.3) is 0 Å². The zero-order valence-corrected chi connectivity index (χ0v) is 9.63. The van der Waals surface area contributed by atoms with Crippen molar-refractivity contribution in [2.45, 2.75) is 42.9 Å². The van der Waals surface area contributed by atoms with E-state index in [1.165, 1.54) is 37.1 Å². The van der Waals surface area contributed by atoms with E-state index < -0.39 is 0 Å². The molecule has 0 aromatic carbocycles. The first-order valence-electron chi connectivity index (χ1n) is 5.18. The summed E-state index contributed by atoms with van der Waals surface area (Å²) in [5.41, 5.74) is 0. The Kier molecular flexibility index (Phi) is 3.41. The van der Waals surface area contributed by atoms with Crippen molar-refractivity contribution < 1.29 is 5.01 Å². The van der Waals surface area contributed by atoms with Gasteiger partial charge in [-0.15, -0.1) is 16.4 Å². The molecule has 0 spiro atoms. The molecular formula is C9H18ClN2S+. The van der Waals surface area contributed by atoms with Gasteiger partial charge in [0.1, 0.15) is 6.04 Å². The Bertz CT molecular complexity index is 163. The van der Waals surface area contributed by atoms with E-state index in [-0.39, 0.29) is 4.71 Å². The Balaban J connectivity index is 1.96. The van der Waals surface area contributed by atoms with Crippen LogP contribution in [-0.4, -0.2) is 17.8 Å². The number of hydrogen-bond acceptors (Lipinski definition) is 2. The SMILES string of the molecule is C[NH+]1NSC(Cl)C1C1CCCCC1. The van der Waals surface area contributed by atoms with Gasteiger partial charge in [0, 0.05) is 5.92 Å². The third-order valence-electron chi connectivity index (χ3n) is 3.27. The van der Waals surface area contributed by atoms with Crippen molar-refractivity contribution in [1.82, 2.24) is 4.83 Å². The van der Waals surface area contributed by atoms with Crippen LogP contribution in [0, 0.1) is 5.92 Å². The molecule has 2 nitrogen and oxygen atoms in total. The second kappa shape index (κ2) is 4.39. The Morgan fingerprint density at radius 2 is 2.00 bits per heavy atom. The van der Waals surface area contributed by atoms with Crippen molar-refractivity contribution in [3.05, 3.63) is 0 Å². The van der Waals surface area contributed by atoms with Gasteiger partial charge in [0.05, 0.1) is 7.05 Å². The summed E-state index contributed by atoms with van der Waals surface area (Å²) in [6.07, 6.45) is 7.00. The normalized spacial score (nSPS) is 42.5. The van der Waals surface area contributed by atoms with Crippen molar-refractivity contribution in [1.29, 1.82) is 0 Å². The number of quaternary nitrogens is 1. The topological polar surface area (TPSA) is 16.5 Å². The zero-order chi connectivity index (χ0) is 9.26. The van der Waals surface area contributed by atoms with Gasteiger partial charge in [0.15, 0.2) is 4.71 Å². The van der Waals surface area contributed by atoms with Crippen LogP contribution in [0.4, 0.5) is 0 Å². The molecule has 2 N–H and O–H groups in total. The van der Waals surface area contributed by atoms with Crippen LogP contribution in [0.2, 0.25) is 0 Å². The predicted molar refractivity (Wildman–Crippen MR) is 57.6 cm³/mol. The number of hydrogen-bond donors (Lipinski definition) is 2. The Hall–Kier alpha value is 0.560. The van der Waals surface area contributed by atoms with Gasteiger partial charge >= 0.3 is 0 Å². The van der Waals surface area contributed by atoms with Gasteiger partial charge in [-0.3, -0.25) is 0 Å². The lowest BCUT2D eigenvalue weighted by atomic mass is 9.84. The highest BCUT2D eigenvalue weighted by atomic mass is 35.5. The molecule has 2 aliphatic rings. The maximum Gasteiger partial charge on any atom is 0.152 e. The van der Waals surface area contributed by atoms with Crippen LogP contribution >= 0.6 is 23.5 Å². The summed E-state index contributed by atoms with van der Waals surface area (Å²) in [4.78, 5) is 3.32. The predicted octanol–water partition coefficient (Wildman–Crippen LogP) is 1.18. The lowest BCUT2D eigenvalue weighted by Crippen LogP contribution is -3.17. The number of alkyl halides is 1. The van der Waals surface area contributed by atoms with E-state index in [4.69, 9.17) is 11.6 Å². The van der Waals surface area contributed by atoms with Crippen molar-refractivity contribution in [2.24, 2.45) is 5.92 Å². The first kappa shape index (κ1) is 10.1. The second-order valence-electron chi connectivity index (χ2n) is 4.18. The molecule has 0 aromatic rings. The first-order chi connectivity index (χ1) is 6.29. The quantitative estimate of drug-likeness (QED) is 0.511. The average Bonchev–Trinajstić information content (AvgIpc) is 2.48. The molecule has 2 fully saturated rings. The summed E-state index contributed by atoms with van der Waals surface area (Å²) in [5.74, 6) is 0.846. The van der Waals surface area contributed by atoms with E-state index in [9.17, 15) is 0 Å². The molecule has 0 bridgehead atoms. The summed E-state index contributed by atoms with van der Waals surface area (Å²) < 4.78 is 0.267. The molecule has 0 radical (unpaired) electrons. The fourth-order valence-electron chi connectivity index (χ4n) is 2.55.